The number of rotatable bonds is 10. The number of hydrogen-bond acceptors (Lipinski definition) is 9. The van der Waals surface area contributed by atoms with Crippen molar-refractivity contribution in [2.24, 2.45) is 17.4 Å². The number of nitrogens with one attached hydrogen (secondary N) is 2. The molecule has 3 aromatic heterocycles. The van der Waals surface area contributed by atoms with Crippen molar-refractivity contribution in [3.8, 4) is 11.6 Å². The first-order valence-electron chi connectivity index (χ1n) is 10.7. The molecular formula is C21H26FN9O2. The molecule has 4 rings (SSSR count). The van der Waals surface area contributed by atoms with Crippen LogP contribution in [0, 0.1) is 11.7 Å². The second-order valence-corrected chi connectivity index (χ2v) is 7.90. The van der Waals surface area contributed by atoms with Gasteiger partial charge >= 0.3 is 0 Å². The standard InChI is InChI=1S/C21H26FN9O2/c1-3-33-21-16(31-7-6-26-30-31)8-13(10-25-21)27-19-14(18(24)32)9-15(22)20(29-19)28-17(11(2)23)12-4-5-12/h6-12,17H,3-5,23H2,1-2H3,(H2,24,32)(H2,27,28,29)/t11-,17-/m0/s1. The highest BCUT2D eigenvalue weighted by Crippen LogP contribution is 2.36. The minimum atomic E-state index is -0.822. The van der Waals surface area contributed by atoms with Crippen LogP contribution in [0.2, 0.25) is 0 Å². The summed E-state index contributed by atoms with van der Waals surface area (Å²) in [6.45, 7) is 4.11. The van der Waals surface area contributed by atoms with Crippen molar-refractivity contribution in [1.29, 1.82) is 0 Å². The number of amides is 1. The van der Waals surface area contributed by atoms with E-state index in [2.05, 4.69) is 30.9 Å². The molecule has 3 aromatic rings. The van der Waals surface area contributed by atoms with Crippen molar-refractivity contribution in [3.63, 3.8) is 0 Å². The van der Waals surface area contributed by atoms with Gasteiger partial charge in [-0.05, 0) is 44.7 Å². The molecule has 0 radical (unpaired) electrons. The van der Waals surface area contributed by atoms with Crippen LogP contribution >= 0.6 is 0 Å². The molecule has 1 amide bonds. The summed E-state index contributed by atoms with van der Waals surface area (Å²) in [5.74, 6) is -0.722. The van der Waals surface area contributed by atoms with Crippen molar-refractivity contribution in [1.82, 2.24) is 25.0 Å². The lowest BCUT2D eigenvalue weighted by atomic mass is 10.1. The van der Waals surface area contributed by atoms with Crippen molar-refractivity contribution in [2.45, 2.75) is 38.8 Å². The van der Waals surface area contributed by atoms with Crippen LogP contribution < -0.4 is 26.8 Å². The highest BCUT2D eigenvalue weighted by molar-refractivity contribution is 5.98. The molecule has 0 aliphatic heterocycles. The lowest BCUT2D eigenvalue weighted by Gasteiger charge is -2.23. The van der Waals surface area contributed by atoms with Crippen LogP contribution in [-0.2, 0) is 0 Å². The number of hydrogen-bond donors (Lipinski definition) is 4. The number of halogens is 1. The van der Waals surface area contributed by atoms with E-state index >= 15 is 0 Å². The predicted octanol–water partition coefficient (Wildman–Crippen LogP) is 1.98. The second kappa shape index (κ2) is 9.36. The van der Waals surface area contributed by atoms with E-state index in [1.54, 1.807) is 12.3 Å². The van der Waals surface area contributed by atoms with E-state index in [1.165, 1.54) is 17.1 Å². The summed E-state index contributed by atoms with van der Waals surface area (Å²) in [5.41, 5.74) is 12.4. The molecule has 11 nitrogen and oxygen atoms in total. The molecule has 1 fully saturated rings. The quantitative estimate of drug-likeness (QED) is 0.358. The number of anilines is 3. The molecule has 1 aliphatic rings. The maximum absolute atomic E-state index is 14.8. The summed E-state index contributed by atoms with van der Waals surface area (Å²) in [6, 6.07) is 2.42. The summed E-state index contributed by atoms with van der Waals surface area (Å²) in [7, 11) is 0. The predicted molar refractivity (Wildman–Crippen MR) is 120 cm³/mol. The molecule has 12 heteroatoms. The molecule has 2 atom stereocenters. The van der Waals surface area contributed by atoms with E-state index in [0.29, 0.717) is 29.8 Å². The third-order valence-electron chi connectivity index (χ3n) is 5.29. The highest BCUT2D eigenvalue weighted by Gasteiger charge is 2.34. The fourth-order valence-electron chi connectivity index (χ4n) is 3.56. The fraction of sp³-hybridized carbons (Fsp3) is 0.381. The van der Waals surface area contributed by atoms with Gasteiger partial charge in [0.15, 0.2) is 11.6 Å². The molecule has 0 spiro atoms. The minimum absolute atomic E-state index is 0.00732. The van der Waals surface area contributed by atoms with E-state index in [0.717, 1.165) is 18.9 Å². The summed E-state index contributed by atoms with van der Waals surface area (Å²) in [4.78, 5) is 20.6. The molecule has 0 saturated heterocycles. The Labute approximate surface area is 189 Å². The lowest BCUT2D eigenvalue weighted by molar-refractivity contribution is 0.100. The zero-order valence-electron chi connectivity index (χ0n) is 18.3. The minimum Gasteiger partial charge on any atom is -0.476 e. The maximum Gasteiger partial charge on any atom is 0.252 e. The summed E-state index contributed by atoms with van der Waals surface area (Å²) in [6.07, 6.45) is 6.71. The zero-order valence-corrected chi connectivity index (χ0v) is 18.3. The van der Waals surface area contributed by atoms with Gasteiger partial charge in [0.1, 0.15) is 11.5 Å². The maximum atomic E-state index is 14.8. The van der Waals surface area contributed by atoms with Gasteiger partial charge in [0, 0.05) is 12.1 Å². The molecule has 1 saturated carbocycles. The Morgan fingerprint density at radius 2 is 2.15 bits per heavy atom. The van der Waals surface area contributed by atoms with Crippen LogP contribution in [0.25, 0.3) is 5.69 Å². The summed E-state index contributed by atoms with van der Waals surface area (Å²) in [5, 5.41) is 13.9. The number of ether oxygens (including phenoxy) is 1. The number of aromatic nitrogens is 5. The van der Waals surface area contributed by atoms with Crippen LogP contribution in [-0.4, -0.2) is 49.6 Å². The summed E-state index contributed by atoms with van der Waals surface area (Å²) >= 11 is 0. The van der Waals surface area contributed by atoms with Crippen LogP contribution in [0.15, 0.2) is 30.7 Å². The van der Waals surface area contributed by atoms with Gasteiger partial charge in [-0.15, -0.1) is 5.10 Å². The first-order valence-corrected chi connectivity index (χ1v) is 10.7. The Bertz CT molecular complexity index is 1130. The van der Waals surface area contributed by atoms with Gasteiger partial charge in [0.2, 0.25) is 5.88 Å². The highest BCUT2D eigenvalue weighted by atomic mass is 19.1. The largest absolute Gasteiger partial charge is 0.476 e. The van der Waals surface area contributed by atoms with Crippen molar-refractivity contribution >= 4 is 23.2 Å². The SMILES string of the molecule is CCOc1ncc(Nc2nc(N[C@H](C3CC3)[C@H](C)N)c(F)cc2C(N)=O)cc1-n1ccnn1. The molecule has 0 bridgehead atoms. The molecule has 0 aromatic carbocycles. The van der Waals surface area contributed by atoms with Crippen LogP contribution in [0.4, 0.5) is 21.7 Å². The van der Waals surface area contributed by atoms with Crippen LogP contribution in [0.3, 0.4) is 0 Å². The second-order valence-electron chi connectivity index (χ2n) is 7.90. The molecule has 1 aliphatic carbocycles. The average molecular weight is 455 g/mol. The van der Waals surface area contributed by atoms with E-state index in [4.69, 9.17) is 16.2 Å². The lowest BCUT2D eigenvalue weighted by Crippen LogP contribution is -2.40. The van der Waals surface area contributed by atoms with E-state index < -0.39 is 11.7 Å². The molecular weight excluding hydrogens is 429 g/mol. The first-order chi connectivity index (χ1) is 15.9. The van der Waals surface area contributed by atoms with Gasteiger partial charge in [-0.2, -0.15) is 0 Å². The van der Waals surface area contributed by atoms with E-state index in [1.807, 2.05) is 13.8 Å². The molecule has 0 unspecified atom stereocenters. The number of nitrogens with two attached hydrogens (primary N) is 2. The van der Waals surface area contributed by atoms with Crippen LogP contribution in [0.1, 0.15) is 37.0 Å². The Balaban J connectivity index is 1.69. The third kappa shape index (κ3) is 5.00. The molecule has 33 heavy (non-hydrogen) atoms. The Morgan fingerprint density at radius 3 is 2.76 bits per heavy atom. The number of carbonyl (C=O) groups excluding carboxylic acids is 1. The number of nitrogens with zero attached hydrogens (tertiary/aromatic N) is 5. The van der Waals surface area contributed by atoms with Crippen LogP contribution in [0.5, 0.6) is 5.88 Å². The average Bonchev–Trinajstić information content (AvgIpc) is 3.46. The van der Waals surface area contributed by atoms with Gasteiger partial charge in [-0.25, -0.2) is 19.0 Å². The number of carbonyl (C=O) groups is 1. The third-order valence-corrected chi connectivity index (χ3v) is 5.29. The van der Waals surface area contributed by atoms with E-state index in [9.17, 15) is 9.18 Å². The smallest absolute Gasteiger partial charge is 0.252 e. The Hall–Kier alpha value is -3.80. The fourth-order valence-corrected chi connectivity index (χ4v) is 3.56. The number of pyridine rings is 2. The molecule has 3 heterocycles. The van der Waals surface area contributed by atoms with Gasteiger partial charge in [0.25, 0.3) is 5.91 Å². The van der Waals surface area contributed by atoms with Gasteiger partial charge < -0.3 is 26.8 Å². The van der Waals surface area contributed by atoms with Gasteiger partial charge in [-0.3, -0.25) is 4.79 Å². The molecule has 174 valence electrons. The Morgan fingerprint density at radius 1 is 1.36 bits per heavy atom. The van der Waals surface area contributed by atoms with E-state index in [-0.39, 0.29) is 29.3 Å². The van der Waals surface area contributed by atoms with Gasteiger partial charge in [-0.1, -0.05) is 5.21 Å². The Kier molecular flexibility index (Phi) is 6.36. The zero-order chi connectivity index (χ0) is 23.5. The molecule has 6 N–H and O–H groups in total. The topological polar surface area (TPSA) is 159 Å². The monoisotopic (exact) mass is 455 g/mol. The number of primary amides is 1. The van der Waals surface area contributed by atoms with Gasteiger partial charge in [0.05, 0.1) is 36.4 Å². The van der Waals surface area contributed by atoms with Crippen molar-refractivity contribution in [2.75, 3.05) is 17.2 Å². The van der Waals surface area contributed by atoms with Crippen molar-refractivity contribution in [3.05, 3.63) is 42.1 Å². The summed E-state index contributed by atoms with van der Waals surface area (Å²) < 4.78 is 21.8. The van der Waals surface area contributed by atoms with Crippen molar-refractivity contribution < 1.29 is 13.9 Å². The first kappa shape index (κ1) is 22.4. The normalized spacial score (nSPS) is 15.0.